The topological polar surface area (TPSA) is 70.8 Å². The summed E-state index contributed by atoms with van der Waals surface area (Å²) in [5.74, 6) is 1.75. The molecule has 0 saturated carbocycles. The number of nitrogens with zero attached hydrogens (tertiary/aromatic N) is 3. The molecule has 1 saturated heterocycles. The van der Waals surface area contributed by atoms with Crippen molar-refractivity contribution in [3.63, 3.8) is 0 Å². The highest BCUT2D eigenvalue weighted by atomic mass is 16.5. The summed E-state index contributed by atoms with van der Waals surface area (Å²) in [7, 11) is 0. The fourth-order valence-corrected chi connectivity index (χ4v) is 1.72. The number of aryl methyl sites for hydroxylation is 2. The summed E-state index contributed by atoms with van der Waals surface area (Å²) in [4.78, 5) is 8.54. The zero-order chi connectivity index (χ0) is 12.7. The lowest BCUT2D eigenvalue weighted by atomic mass is 10.1. The monoisotopic (exact) mass is 234 g/mol. The third-order valence-corrected chi connectivity index (χ3v) is 2.59. The first-order valence-corrected chi connectivity index (χ1v) is 5.66. The van der Waals surface area contributed by atoms with Gasteiger partial charge in [0.15, 0.2) is 0 Å². The number of aromatic nitrogens is 2. The minimum atomic E-state index is 0.395. The second kappa shape index (κ2) is 6.81. The normalized spacial score (nSPS) is 18.9. The van der Waals surface area contributed by atoms with Crippen LogP contribution in [0.15, 0.2) is 6.20 Å². The zero-order valence-electron chi connectivity index (χ0n) is 10.3. The van der Waals surface area contributed by atoms with Crippen molar-refractivity contribution in [3.05, 3.63) is 17.6 Å². The largest absolute Gasteiger partial charge is 0.379 e. The summed E-state index contributed by atoms with van der Waals surface area (Å²) < 4.78 is 5.42. The summed E-state index contributed by atoms with van der Waals surface area (Å²) in [6.07, 6.45) is 4.14. The summed E-state index contributed by atoms with van der Waals surface area (Å²) >= 11 is 0. The Hall–Kier alpha value is -1.67. The van der Waals surface area contributed by atoms with E-state index in [1.54, 1.807) is 0 Å². The Morgan fingerprint density at radius 3 is 2.88 bits per heavy atom. The molecule has 1 atom stereocenters. The van der Waals surface area contributed by atoms with Gasteiger partial charge in [0.25, 0.3) is 0 Å². The molecule has 1 aromatic rings. The van der Waals surface area contributed by atoms with E-state index >= 15 is 0 Å². The second-order valence-electron chi connectivity index (χ2n) is 4.01. The molecule has 0 aromatic carbocycles. The fraction of sp³-hybridized carbons (Fsp3) is 0.583. The second-order valence-corrected chi connectivity index (χ2v) is 4.01. The van der Waals surface area contributed by atoms with Crippen molar-refractivity contribution in [2.75, 3.05) is 18.5 Å². The minimum absolute atomic E-state index is 0.395. The van der Waals surface area contributed by atoms with Crippen LogP contribution in [0.1, 0.15) is 24.2 Å². The van der Waals surface area contributed by atoms with Crippen molar-refractivity contribution < 1.29 is 4.74 Å². The molecule has 1 unspecified atom stereocenters. The smallest absolute Gasteiger partial charge is 0.132 e. The van der Waals surface area contributed by atoms with E-state index in [9.17, 15) is 0 Å². The van der Waals surface area contributed by atoms with Crippen LogP contribution in [0.5, 0.6) is 0 Å². The number of nitrogens with one attached hydrogen (secondary N) is 1. The predicted octanol–water partition coefficient (Wildman–Crippen LogP) is 1.82. The first-order valence-electron chi connectivity index (χ1n) is 5.66. The van der Waals surface area contributed by atoms with Gasteiger partial charge in [0.1, 0.15) is 11.6 Å². The molecule has 0 aliphatic carbocycles. The first kappa shape index (κ1) is 13.4. The Kier molecular flexibility index (Phi) is 5.37. The average molecular weight is 234 g/mol. The van der Waals surface area contributed by atoms with Gasteiger partial charge in [-0.25, -0.2) is 15.2 Å². The van der Waals surface area contributed by atoms with Crippen LogP contribution in [0.2, 0.25) is 0 Å². The van der Waals surface area contributed by atoms with Crippen molar-refractivity contribution in [1.29, 1.82) is 5.26 Å². The lowest BCUT2D eigenvalue weighted by molar-refractivity contribution is 0.0875. The summed E-state index contributed by atoms with van der Waals surface area (Å²) in [6.45, 7) is 9.09. The maximum absolute atomic E-state index is 6.50. The van der Waals surface area contributed by atoms with Crippen molar-refractivity contribution in [2.24, 2.45) is 0 Å². The molecule has 17 heavy (non-hydrogen) atoms. The van der Waals surface area contributed by atoms with Crippen molar-refractivity contribution in [1.82, 2.24) is 9.97 Å². The Bertz CT molecular complexity index is 372. The van der Waals surface area contributed by atoms with Gasteiger partial charge in [-0.15, -0.1) is 0 Å². The van der Waals surface area contributed by atoms with E-state index in [1.165, 1.54) is 0 Å². The Balaban J connectivity index is 0.000000686. The molecular formula is C12H18N4O. The van der Waals surface area contributed by atoms with Crippen LogP contribution in [0, 0.1) is 25.7 Å². The van der Waals surface area contributed by atoms with Crippen LogP contribution < -0.4 is 5.32 Å². The molecule has 1 fully saturated rings. The van der Waals surface area contributed by atoms with Gasteiger partial charge >= 0.3 is 0 Å². The van der Waals surface area contributed by atoms with Crippen LogP contribution in [0.4, 0.5) is 5.82 Å². The third kappa shape index (κ3) is 4.00. The van der Waals surface area contributed by atoms with Gasteiger partial charge in [-0.05, 0) is 26.7 Å². The van der Waals surface area contributed by atoms with E-state index < -0.39 is 0 Å². The number of nitriles is 1. The van der Waals surface area contributed by atoms with Gasteiger partial charge in [0.05, 0.1) is 12.6 Å². The lowest BCUT2D eigenvalue weighted by Crippen LogP contribution is -2.30. The van der Waals surface area contributed by atoms with Gasteiger partial charge < -0.3 is 10.1 Å². The average Bonchev–Trinajstić information content (AvgIpc) is 2.38. The van der Waals surface area contributed by atoms with Gasteiger partial charge in [-0.3, -0.25) is 0 Å². The van der Waals surface area contributed by atoms with E-state index in [2.05, 4.69) is 21.9 Å². The molecule has 5 nitrogen and oxygen atoms in total. The molecule has 1 N–H and O–H groups in total. The van der Waals surface area contributed by atoms with E-state index in [0.717, 1.165) is 43.3 Å². The molecular weight excluding hydrogens is 216 g/mol. The number of hydrogen-bond donors (Lipinski definition) is 1. The SMILES string of the molecule is C#N.Cc1ncc(C)c(NC2CCCOC2)n1. The van der Waals surface area contributed by atoms with Crippen molar-refractivity contribution in [2.45, 2.75) is 32.7 Å². The van der Waals surface area contributed by atoms with Crippen LogP contribution in [-0.2, 0) is 4.74 Å². The summed E-state index contributed by atoms with van der Waals surface area (Å²) in [6, 6.07) is 0.395. The van der Waals surface area contributed by atoms with Crippen molar-refractivity contribution >= 4 is 5.82 Å². The van der Waals surface area contributed by atoms with E-state index in [0.29, 0.717) is 6.04 Å². The van der Waals surface area contributed by atoms with Crippen LogP contribution in [0.25, 0.3) is 0 Å². The minimum Gasteiger partial charge on any atom is -0.379 e. The zero-order valence-corrected chi connectivity index (χ0v) is 10.3. The number of ether oxygens (including phenoxy) is 1. The predicted molar refractivity (Wildman–Crippen MR) is 65.6 cm³/mol. The standard InChI is InChI=1S/C11H17N3O.CHN/c1-8-6-12-9(2)13-11(8)14-10-4-3-5-15-7-10;1-2/h6,10H,3-5,7H2,1-2H3,(H,12,13,14);1H. The number of anilines is 1. The molecule has 2 rings (SSSR count). The van der Waals surface area contributed by atoms with E-state index in [1.807, 2.05) is 20.0 Å². The van der Waals surface area contributed by atoms with Crippen molar-refractivity contribution in [3.8, 4) is 6.57 Å². The van der Waals surface area contributed by atoms with Gasteiger partial charge in [0.2, 0.25) is 0 Å². The molecule has 1 aromatic heterocycles. The fourth-order valence-electron chi connectivity index (χ4n) is 1.72. The molecule has 5 heteroatoms. The molecule has 92 valence electrons. The van der Waals surface area contributed by atoms with Gasteiger partial charge in [0, 0.05) is 24.9 Å². The maximum atomic E-state index is 6.50. The van der Waals surface area contributed by atoms with Crippen LogP contribution in [0.3, 0.4) is 0 Å². The van der Waals surface area contributed by atoms with Crippen LogP contribution >= 0.6 is 0 Å². The van der Waals surface area contributed by atoms with E-state index in [4.69, 9.17) is 10.00 Å². The Labute approximate surface area is 102 Å². The third-order valence-electron chi connectivity index (χ3n) is 2.59. The summed E-state index contributed by atoms with van der Waals surface area (Å²) in [5, 5.41) is 9.91. The number of hydrogen-bond acceptors (Lipinski definition) is 5. The molecule has 1 aliphatic rings. The highest BCUT2D eigenvalue weighted by molar-refractivity contribution is 5.42. The lowest BCUT2D eigenvalue weighted by Gasteiger charge is -2.24. The highest BCUT2D eigenvalue weighted by Gasteiger charge is 2.14. The maximum Gasteiger partial charge on any atom is 0.132 e. The van der Waals surface area contributed by atoms with Crippen LogP contribution in [-0.4, -0.2) is 29.2 Å². The van der Waals surface area contributed by atoms with Gasteiger partial charge in [-0.2, -0.15) is 0 Å². The molecule has 0 radical (unpaired) electrons. The van der Waals surface area contributed by atoms with E-state index in [-0.39, 0.29) is 0 Å². The molecule has 0 bridgehead atoms. The Morgan fingerprint density at radius 1 is 1.47 bits per heavy atom. The Morgan fingerprint density at radius 2 is 2.24 bits per heavy atom. The quantitative estimate of drug-likeness (QED) is 0.845. The summed E-state index contributed by atoms with van der Waals surface area (Å²) in [5.41, 5.74) is 1.09. The molecule has 1 aliphatic heterocycles. The molecule has 0 spiro atoms. The first-order chi connectivity index (χ1) is 8.25. The highest BCUT2D eigenvalue weighted by Crippen LogP contribution is 2.15. The number of rotatable bonds is 2. The van der Waals surface area contributed by atoms with Gasteiger partial charge in [-0.1, -0.05) is 0 Å². The molecule has 2 heterocycles. The molecule has 0 amide bonds.